The lowest BCUT2D eigenvalue weighted by molar-refractivity contribution is 0.290. The van der Waals surface area contributed by atoms with Crippen LogP contribution in [-0.4, -0.2) is 19.7 Å². The highest BCUT2D eigenvalue weighted by atomic mass is 35.5. The van der Waals surface area contributed by atoms with Gasteiger partial charge in [0.25, 0.3) is 0 Å². The van der Waals surface area contributed by atoms with Crippen molar-refractivity contribution in [1.82, 2.24) is 19.7 Å². The number of hydrogen-bond acceptors (Lipinski definition) is 5. The molecule has 0 saturated heterocycles. The van der Waals surface area contributed by atoms with Crippen LogP contribution in [0.4, 0.5) is 0 Å². The number of hydrogen-bond donors (Lipinski definition) is 0. The average molecular weight is 347 g/mol. The zero-order valence-corrected chi connectivity index (χ0v) is 14.1. The molecule has 0 radical (unpaired) electrons. The van der Waals surface area contributed by atoms with Gasteiger partial charge in [0.05, 0.1) is 5.02 Å². The molecule has 5 nitrogen and oxygen atoms in total. The van der Waals surface area contributed by atoms with Crippen LogP contribution in [0.5, 0.6) is 5.75 Å². The first kappa shape index (κ1) is 15.8. The Labute approximate surface area is 143 Å². The molecule has 23 heavy (non-hydrogen) atoms. The third kappa shape index (κ3) is 4.03. The molecule has 0 amide bonds. The van der Waals surface area contributed by atoms with Gasteiger partial charge in [-0.3, -0.25) is 4.98 Å². The summed E-state index contributed by atoms with van der Waals surface area (Å²) in [5, 5.41) is 9.88. The third-order valence-corrected chi connectivity index (χ3v) is 4.66. The van der Waals surface area contributed by atoms with Crippen LogP contribution in [0.15, 0.2) is 53.9 Å². The Bertz CT molecular complexity index is 779. The highest BCUT2D eigenvalue weighted by molar-refractivity contribution is 7.98. The van der Waals surface area contributed by atoms with Gasteiger partial charge < -0.3 is 9.30 Å². The molecule has 3 aromatic rings. The molecule has 0 atom stereocenters. The summed E-state index contributed by atoms with van der Waals surface area (Å²) in [6.45, 7) is 0.379. The van der Waals surface area contributed by atoms with Crippen LogP contribution < -0.4 is 4.74 Å². The Morgan fingerprint density at radius 1 is 1.17 bits per heavy atom. The van der Waals surface area contributed by atoms with E-state index >= 15 is 0 Å². The summed E-state index contributed by atoms with van der Waals surface area (Å²) in [7, 11) is 1.93. The van der Waals surface area contributed by atoms with Crippen molar-refractivity contribution in [2.75, 3.05) is 0 Å². The maximum absolute atomic E-state index is 6.11. The van der Waals surface area contributed by atoms with E-state index in [9.17, 15) is 0 Å². The van der Waals surface area contributed by atoms with Crippen LogP contribution in [0, 0.1) is 0 Å². The number of nitrogens with zero attached hydrogens (tertiary/aromatic N) is 4. The molecule has 0 N–H and O–H groups in total. The fourth-order valence-electron chi connectivity index (χ4n) is 1.92. The van der Waals surface area contributed by atoms with Crippen LogP contribution in [0.1, 0.15) is 11.4 Å². The molecule has 0 spiro atoms. The Balaban J connectivity index is 1.62. The summed E-state index contributed by atoms with van der Waals surface area (Å²) < 4.78 is 7.64. The lowest BCUT2D eigenvalue weighted by Crippen LogP contribution is -2.04. The molecule has 0 aliphatic rings. The van der Waals surface area contributed by atoms with Crippen molar-refractivity contribution in [3.8, 4) is 5.75 Å². The largest absolute Gasteiger partial charge is 0.486 e. The zero-order chi connectivity index (χ0) is 16.1. The van der Waals surface area contributed by atoms with E-state index in [4.69, 9.17) is 16.3 Å². The monoisotopic (exact) mass is 346 g/mol. The van der Waals surface area contributed by atoms with E-state index < -0.39 is 0 Å². The highest BCUT2D eigenvalue weighted by Gasteiger charge is 2.11. The van der Waals surface area contributed by atoms with E-state index in [0.717, 1.165) is 22.3 Å². The average Bonchev–Trinajstić information content (AvgIpc) is 2.93. The normalized spacial score (nSPS) is 10.7. The van der Waals surface area contributed by atoms with Crippen molar-refractivity contribution in [2.24, 2.45) is 7.05 Å². The van der Waals surface area contributed by atoms with Crippen LogP contribution in [0.25, 0.3) is 0 Å². The Morgan fingerprint density at radius 2 is 2.00 bits per heavy atom. The third-order valence-electron chi connectivity index (χ3n) is 3.25. The second kappa shape index (κ2) is 7.48. The Morgan fingerprint density at radius 3 is 2.78 bits per heavy atom. The van der Waals surface area contributed by atoms with Gasteiger partial charge in [0.2, 0.25) is 0 Å². The van der Waals surface area contributed by atoms with Crippen molar-refractivity contribution in [3.63, 3.8) is 0 Å². The minimum atomic E-state index is 0.379. The van der Waals surface area contributed by atoms with E-state index in [1.165, 1.54) is 0 Å². The molecule has 0 aliphatic carbocycles. The van der Waals surface area contributed by atoms with E-state index in [1.807, 2.05) is 48.0 Å². The maximum atomic E-state index is 6.11. The van der Waals surface area contributed by atoms with Crippen molar-refractivity contribution >= 4 is 23.4 Å². The molecule has 0 saturated carbocycles. The maximum Gasteiger partial charge on any atom is 0.191 e. The number of aromatic nitrogens is 4. The molecule has 0 bridgehead atoms. The first-order valence-electron chi connectivity index (χ1n) is 7.01. The molecule has 2 aromatic heterocycles. The van der Waals surface area contributed by atoms with Gasteiger partial charge in [-0.15, -0.1) is 10.2 Å². The number of pyridine rings is 1. The molecule has 0 unspecified atom stereocenters. The number of benzene rings is 1. The molecule has 1 aromatic carbocycles. The van der Waals surface area contributed by atoms with Crippen LogP contribution in [0.3, 0.4) is 0 Å². The van der Waals surface area contributed by atoms with Gasteiger partial charge in [-0.2, -0.15) is 0 Å². The molecular formula is C16H15ClN4OS. The summed E-state index contributed by atoms with van der Waals surface area (Å²) in [6, 6.07) is 11.6. The second-order valence-corrected chi connectivity index (χ2v) is 6.17. The molecule has 118 valence electrons. The molecule has 0 fully saturated rings. The first-order chi connectivity index (χ1) is 11.2. The predicted octanol–water partition coefficient (Wildman–Crippen LogP) is 3.73. The summed E-state index contributed by atoms with van der Waals surface area (Å²) in [4.78, 5) is 3.98. The van der Waals surface area contributed by atoms with Gasteiger partial charge in [-0.05, 0) is 23.8 Å². The van der Waals surface area contributed by atoms with E-state index in [1.54, 1.807) is 24.2 Å². The smallest absolute Gasteiger partial charge is 0.191 e. The summed E-state index contributed by atoms with van der Waals surface area (Å²) in [5.74, 6) is 2.30. The van der Waals surface area contributed by atoms with Gasteiger partial charge in [0, 0.05) is 25.2 Å². The van der Waals surface area contributed by atoms with Crippen LogP contribution in [0.2, 0.25) is 5.02 Å². The number of rotatable bonds is 6. The number of para-hydroxylation sites is 1. The van der Waals surface area contributed by atoms with Crippen LogP contribution >= 0.6 is 23.4 Å². The van der Waals surface area contributed by atoms with E-state index in [0.29, 0.717) is 17.4 Å². The fraction of sp³-hybridized carbons (Fsp3) is 0.188. The number of thioether (sulfide) groups is 1. The topological polar surface area (TPSA) is 52.8 Å². The van der Waals surface area contributed by atoms with E-state index in [-0.39, 0.29) is 0 Å². The van der Waals surface area contributed by atoms with Crippen molar-refractivity contribution in [1.29, 1.82) is 0 Å². The molecular weight excluding hydrogens is 332 g/mol. The SMILES string of the molecule is Cn1c(COc2ccccc2)nnc1SCc1ccncc1Cl. The van der Waals surface area contributed by atoms with Crippen molar-refractivity contribution < 1.29 is 4.74 Å². The Hall–Kier alpha value is -2.05. The van der Waals surface area contributed by atoms with Crippen molar-refractivity contribution in [3.05, 3.63) is 65.2 Å². The summed E-state index contributed by atoms with van der Waals surface area (Å²) in [5.41, 5.74) is 1.02. The standard InChI is InChI=1S/C16H15ClN4OS/c1-21-15(10-22-13-5-3-2-4-6-13)19-20-16(21)23-11-12-7-8-18-9-14(12)17/h2-9H,10-11H2,1H3. The van der Waals surface area contributed by atoms with Crippen LogP contribution in [-0.2, 0) is 19.4 Å². The highest BCUT2D eigenvalue weighted by Crippen LogP contribution is 2.25. The quantitative estimate of drug-likeness (QED) is 0.636. The predicted molar refractivity (Wildman–Crippen MR) is 90.6 cm³/mol. The molecule has 7 heteroatoms. The molecule has 0 aliphatic heterocycles. The summed E-state index contributed by atoms with van der Waals surface area (Å²) in [6.07, 6.45) is 3.38. The van der Waals surface area contributed by atoms with Crippen molar-refractivity contribution in [2.45, 2.75) is 17.5 Å². The lowest BCUT2D eigenvalue weighted by Gasteiger charge is -2.06. The zero-order valence-electron chi connectivity index (χ0n) is 12.5. The first-order valence-corrected chi connectivity index (χ1v) is 8.37. The summed E-state index contributed by atoms with van der Waals surface area (Å²) >= 11 is 7.69. The molecule has 3 rings (SSSR count). The minimum Gasteiger partial charge on any atom is -0.486 e. The fourth-order valence-corrected chi connectivity index (χ4v) is 3.12. The van der Waals surface area contributed by atoms with Gasteiger partial charge in [-0.25, -0.2) is 0 Å². The van der Waals surface area contributed by atoms with Gasteiger partial charge in [0.15, 0.2) is 11.0 Å². The van der Waals surface area contributed by atoms with Gasteiger partial charge in [0.1, 0.15) is 12.4 Å². The van der Waals surface area contributed by atoms with Gasteiger partial charge >= 0.3 is 0 Å². The number of halogens is 1. The lowest BCUT2D eigenvalue weighted by atomic mass is 10.3. The van der Waals surface area contributed by atoms with E-state index in [2.05, 4.69) is 15.2 Å². The number of ether oxygens (including phenoxy) is 1. The minimum absolute atomic E-state index is 0.379. The second-order valence-electron chi connectivity index (χ2n) is 4.82. The van der Waals surface area contributed by atoms with Gasteiger partial charge in [-0.1, -0.05) is 41.6 Å². The Kier molecular flexibility index (Phi) is 5.15. The molecule has 2 heterocycles.